The molecule has 1 amide bonds. The second kappa shape index (κ2) is 21.1. The Bertz CT molecular complexity index is 2720. The first kappa shape index (κ1) is 51.1. The summed E-state index contributed by atoms with van der Waals surface area (Å²) in [5.74, 6) is -7.88. The largest absolute Gasteiger partial charge is 0.507 e. The zero-order valence-corrected chi connectivity index (χ0v) is 40.9. The summed E-state index contributed by atoms with van der Waals surface area (Å²) in [6, 6.07) is 11.6. The molecule has 1 fully saturated rings. The highest BCUT2D eigenvalue weighted by atomic mass is 16.7. The average Bonchev–Trinajstić information content (AvgIpc) is 3.92. The van der Waals surface area contributed by atoms with Gasteiger partial charge in [0.1, 0.15) is 29.0 Å². The number of hydrazone groups is 1. The Morgan fingerprint density at radius 2 is 1.64 bits per heavy atom. The number of aliphatic hydroxyl groups excluding tert-OH is 2. The number of phenols is 3. The Hall–Kier alpha value is -6.73. The van der Waals surface area contributed by atoms with Gasteiger partial charge in [0.25, 0.3) is 11.7 Å². The van der Waals surface area contributed by atoms with E-state index in [1.54, 1.807) is 44.9 Å². The van der Waals surface area contributed by atoms with E-state index in [1.165, 1.54) is 59.4 Å². The van der Waals surface area contributed by atoms with Crippen molar-refractivity contribution in [2.45, 2.75) is 92.1 Å². The summed E-state index contributed by atoms with van der Waals surface area (Å²) < 4.78 is 29.4. The van der Waals surface area contributed by atoms with E-state index in [1.807, 2.05) is 36.4 Å². The number of carbonyl (C=O) groups is 3. The quantitative estimate of drug-likeness (QED) is 0.0497. The van der Waals surface area contributed by atoms with Gasteiger partial charge in [0.2, 0.25) is 0 Å². The molecule has 0 aliphatic carbocycles. The van der Waals surface area contributed by atoms with Gasteiger partial charge in [-0.2, -0.15) is 5.10 Å². The zero-order chi connectivity index (χ0) is 50.8. The lowest BCUT2D eigenvalue weighted by Crippen LogP contribution is -2.46. The summed E-state index contributed by atoms with van der Waals surface area (Å²) in [5, 5.41) is 71.9. The number of benzene rings is 3. The number of Topliss-reactive ketones (excluding diaryl/α,β-unsaturated/α-hetero) is 1. The maximum atomic E-state index is 14.6. The third-order valence-electron chi connectivity index (χ3n) is 13.7. The van der Waals surface area contributed by atoms with Crippen LogP contribution in [0.5, 0.6) is 23.0 Å². The zero-order valence-electron chi connectivity index (χ0n) is 40.9. The van der Waals surface area contributed by atoms with Crippen LogP contribution in [0.4, 0.5) is 5.69 Å². The molecule has 0 spiro atoms. The van der Waals surface area contributed by atoms with E-state index in [0.29, 0.717) is 38.5 Å². The second-order valence-electron chi connectivity index (χ2n) is 18.6. The summed E-state index contributed by atoms with van der Waals surface area (Å²) in [5.41, 5.74) is 1.22. The Balaban J connectivity index is 1.27. The minimum absolute atomic E-state index is 0.0393. The number of fused-ring (bicyclic) bond motifs is 14. The van der Waals surface area contributed by atoms with Crippen LogP contribution in [0.2, 0.25) is 0 Å². The summed E-state index contributed by atoms with van der Waals surface area (Å²) in [6.07, 6.45) is 4.77. The number of carbonyl (C=O) groups excluding carboxylic acids is 3. The number of rotatable bonds is 7. The van der Waals surface area contributed by atoms with Crippen LogP contribution in [0.25, 0.3) is 22.0 Å². The van der Waals surface area contributed by atoms with E-state index < -0.39 is 88.8 Å². The standard InChI is InChI=1S/C52H63N5O13/c1-27-14-13-15-28(2)51(65)54-42-36(25-53-57-21-19-56(20-22-57)26-35-24-37(55-70-35)34-16-11-10-12-17-34)46(62)39-40(47(42)63)45(61)32(6)49-41(39)50(64)52(8,69-49)67-23-18-38(66-9)29(3)48(68-33(7)58)31(5)44(60)30(4)43(27)59/h10-18,23-25,27,29-31,38,43-44,48,59-63H,19-22,26H2,1-9H3,(H,54,65)/b14-13+,23-18+,28-15-,53-25+/t27-,29+,30+,31+,38-,43-,44+,48+,52-/m0/s1. The van der Waals surface area contributed by atoms with E-state index >= 15 is 0 Å². The molecule has 18 heteroatoms. The molecule has 1 saturated heterocycles. The molecule has 0 radical (unpaired) electrons. The molecule has 6 N–H and O–H groups in total. The Morgan fingerprint density at radius 1 is 0.943 bits per heavy atom. The van der Waals surface area contributed by atoms with Gasteiger partial charge in [-0.3, -0.25) is 24.3 Å². The van der Waals surface area contributed by atoms with Gasteiger partial charge in [0.05, 0.1) is 59.5 Å². The van der Waals surface area contributed by atoms with Gasteiger partial charge in [0, 0.05) is 99.0 Å². The number of aliphatic hydroxyl groups is 2. The van der Waals surface area contributed by atoms with Crippen molar-refractivity contribution in [2.24, 2.45) is 28.8 Å². The SMILES string of the molecule is CO[C@H]1/C=C/O[C@@]2(C)Oc3c(C)c(O)c4c(O)c(c(/C=N/N5CCN(Cc6cc(-c7ccccc7)no6)CC5)c(O)c4c3C2=O)NC(=O)/C(C)=C\C=C\[C@H](C)[C@H](O)[C@@H](C)[C@@H](O)[C@@H](C)[C@H](OC(C)=O)[C@@H]1C. The van der Waals surface area contributed by atoms with E-state index in [4.69, 9.17) is 23.5 Å². The van der Waals surface area contributed by atoms with Gasteiger partial charge in [0.15, 0.2) is 11.5 Å². The van der Waals surface area contributed by atoms with Crippen LogP contribution in [-0.2, 0) is 30.3 Å². The maximum Gasteiger partial charge on any atom is 0.312 e. The number of nitrogens with zero attached hydrogens (tertiary/aromatic N) is 4. The number of ketones is 1. The number of hydrogen-bond acceptors (Lipinski definition) is 17. The molecule has 374 valence electrons. The van der Waals surface area contributed by atoms with E-state index in [9.17, 15) is 39.9 Å². The van der Waals surface area contributed by atoms with Crippen molar-refractivity contribution >= 4 is 40.3 Å². The highest BCUT2D eigenvalue weighted by molar-refractivity contribution is 6.23. The third kappa shape index (κ3) is 10.3. The lowest BCUT2D eigenvalue weighted by molar-refractivity contribution is -0.160. The van der Waals surface area contributed by atoms with Crippen LogP contribution in [0, 0.1) is 30.6 Å². The van der Waals surface area contributed by atoms with Gasteiger partial charge in [-0.1, -0.05) is 81.4 Å². The highest BCUT2D eigenvalue weighted by Gasteiger charge is 2.50. The van der Waals surface area contributed by atoms with Crippen LogP contribution >= 0.6 is 0 Å². The monoisotopic (exact) mass is 965 g/mol. The van der Waals surface area contributed by atoms with Crippen molar-refractivity contribution in [3.8, 4) is 34.3 Å². The van der Waals surface area contributed by atoms with Crippen molar-refractivity contribution in [2.75, 3.05) is 38.6 Å². The molecule has 70 heavy (non-hydrogen) atoms. The first-order valence-electron chi connectivity index (χ1n) is 23.4. The van der Waals surface area contributed by atoms with Crippen LogP contribution in [0.3, 0.4) is 0 Å². The number of aromatic nitrogens is 1. The topological polar surface area (TPSA) is 246 Å². The van der Waals surface area contributed by atoms with Crippen molar-refractivity contribution < 1.29 is 63.4 Å². The molecule has 3 aromatic carbocycles. The highest BCUT2D eigenvalue weighted by Crippen LogP contribution is 2.55. The fourth-order valence-corrected chi connectivity index (χ4v) is 9.38. The lowest BCUT2D eigenvalue weighted by atomic mass is 9.78. The number of aromatic hydroxyl groups is 3. The summed E-state index contributed by atoms with van der Waals surface area (Å²) in [7, 11) is 1.44. The van der Waals surface area contributed by atoms with Gasteiger partial charge in [-0.05, 0) is 19.9 Å². The maximum absolute atomic E-state index is 14.6. The lowest BCUT2D eigenvalue weighted by Gasteiger charge is -2.38. The fraction of sp³-hybridized carbons (Fsp3) is 0.442. The normalized spacial score (nSPS) is 28.8. The van der Waals surface area contributed by atoms with Gasteiger partial charge >= 0.3 is 11.8 Å². The molecule has 1 aromatic heterocycles. The van der Waals surface area contributed by atoms with Crippen molar-refractivity contribution in [1.82, 2.24) is 15.1 Å². The molecular formula is C52H63N5O13. The molecular weight excluding hydrogens is 903 g/mol. The van der Waals surface area contributed by atoms with Crippen molar-refractivity contribution in [3.63, 3.8) is 0 Å². The van der Waals surface area contributed by atoms with E-state index in [2.05, 4.69) is 20.5 Å². The molecule has 9 atom stereocenters. The Labute approximate surface area is 406 Å². The third-order valence-corrected chi connectivity index (χ3v) is 13.7. The number of methoxy groups -OCH3 is 1. The van der Waals surface area contributed by atoms with Gasteiger partial charge in [-0.15, -0.1) is 0 Å². The summed E-state index contributed by atoms with van der Waals surface area (Å²) in [6.45, 7) is 15.1. The predicted molar refractivity (Wildman–Crippen MR) is 260 cm³/mol. The minimum atomic E-state index is -2.08. The number of anilines is 1. The second-order valence-corrected chi connectivity index (χ2v) is 18.6. The van der Waals surface area contributed by atoms with Crippen LogP contribution in [0.1, 0.15) is 75.7 Å². The van der Waals surface area contributed by atoms with Gasteiger partial charge < -0.3 is 54.3 Å². The first-order chi connectivity index (χ1) is 33.3. The molecule has 5 bridgehead atoms. The first-order valence-corrected chi connectivity index (χ1v) is 23.4. The van der Waals surface area contributed by atoms with Crippen LogP contribution < -0.4 is 10.1 Å². The number of piperazine rings is 1. The number of esters is 1. The number of ether oxygens (including phenoxy) is 4. The molecule has 8 rings (SSSR count). The van der Waals surface area contributed by atoms with Crippen LogP contribution in [-0.4, -0.2) is 128 Å². The van der Waals surface area contributed by atoms with Gasteiger partial charge in [-0.25, -0.2) is 0 Å². The predicted octanol–water partition coefficient (Wildman–Crippen LogP) is 6.56. The van der Waals surface area contributed by atoms with Crippen LogP contribution in [0.15, 0.2) is 82.2 Å². The Kier molecular flexibility index (Phi) is 15.4. The molecule has 4 aliphatic rings. The molecule has 5 heterocycles. The van der Waals surface area contributed by atoms with E-state index in [-0.39, 0.29) is 44.5 Å². The number of phenolic OH excluding ortho intramolecular Hbond substituents is 3. The van der Waals surface area contributed by atoms with E-state index in [0.717, 1.165) is 11.3 Å². The number of amides is 1. The molecule has 18 nitrogen and oxygen atoms in total. The minimum Gasteiger partial charge on any atom is -0.507 e. The molecule has 0 unspecified atom stereocenters. The number of allylic oxidation sites excluding steroid dienone is 2. The molecule has 4 aromatic rings. The fourth-order valence-electron chi connectivity index (χ4n) is 9.38. The molecule has 4 aliphatic heterocycles. The summed E-state index contributed by atoms with van der Waals surface area (Å²) >= 11 is 0. The average molecular weight is 966 g/mol. The van der Waals surface area contributed by atoms with Crippen molar-refractivity contribution in [3.05, 3.63) is 95.0 Å². The summed E-state index contributed by atoms with van der Waals surface area (Å²) in [4.78, 5) is 43.2. The van der Waals surface area contributed by atoms with Crippen molar-refractivity contribution in [1.29, 1.82) is 0 Å². The number of hydrogen-bond donors (Lipinski definition) is 6. The Morgan fingerprint density at radius 3 is 2.31 bits per heavy atom. The number of nitrogens with one attached hydrogen (secondary N) is 1. The molecule has 0 saturated carbocycles. The smallest absolute Gasteiger partial charge is 0.312 e.